The summed E-state index contributed by atoms with van der Waals surface area (Å²) in [5.41, 5.74) is 2.95. The summed E-state index contributed by atoms with van der Waals surface area (Å²) in [6.07, 6.45) is 5.77. The lowest BCUT2D eigenvalue weighted by Crippen LogP contribution is -2.17. The second-order valence-electron chi connectivity index (χ2n) is 6.02. The van der Waals surface area contributed by atoms with Crippen LogP contribution in [0.1, 0.15) is 11.1 Å². The van der Waals surface area contributed by atoms with Crippen LogP contribution in [-0.2, 0) is 17.8 Å². The summed E-state index contributed by atoms with van der Waals surface area (Å²) < 4.78 is 13.5. The molecule has 2 aromatic carbocycles. The Hall–Kier alpha value is -3.04. The van der Waals surface area contributed by atoms with Gasteiger partial charge in [0.15, 0.2) is 16.3 Å². The van der Waals surface area contributed by atoms with Crippen LogP contribution in [0.5, 0.6) is 11.5 Å². The topological polar surface area (TPSA) is 52.8 Å². The standard InChI is InChI=1S/C21H20N2O3S/c1-5-10-23-16-12-17(25-3)18(26-4)13-19(16)27-21(23)22-20(24)11-15-8-6-14(2)7-9-15/h1,6-9,12-13H,10-11H2,2-4H3. The van der Waals surface area contributed by atoms with Gasteiger partial charge < -0.3 is 14.0 Å². The molecule has 6 heteroatoms. The van der Waals surface area contributed by atoms with Crippen molar-refractivity contribution in [1.82, 2.24) is 4.57 Å². The van der Waals surface area contributed by atoms with E-state index in [4.69, 9.17) is 15.9 Å². The Morgan fingerprint density at radius 2 is 1.85 bits per heavy atom. The van der Waals surface area contributed by atoms with Crippen LogP contribution in [0.4, 0.5) is 0 Å². The molecule has 0 aliphatic heterocycles. The number of hydrogen-bond acceptors (Lipinski definition) is 4. The molecule has 0 aliphatic rings. The van der Waals surface area contributed by atoms with Gasteiger partial charge in [-0.15, -0.1) is 6.42 Å². The Bertz CT molecular complexity index is 1090. The van der Waals surface area contributed by atoms with Crippen molar-refractivity contribution in [3.05, 3.63) is 52.3 Å². The van der Waals surface area contributed by atoms with Crippen molar-refractivity contribution >= 4 is 27.5 Å². The largest absolute Gasteiger partial charge is 0.493 e. The number of aryl methyl sites for hydroxylation is 1. The number of hydrogen-bond donors (Lipinski definition) is 0. The molecule has 3 aromatic rings. The van der Waals surface area contributed by atoms with E-state index in [0.29, 0.717) is 22.8 Å². The van der Waals surface area contributed by atoms with Crippen molar-refractivity contribution in [2.24, 2.45) is 4.99 Å². The fraction of sp³-hybridized carbons (Fsp3) is 0.238. The number of terminal acetylenes is 1. The van der Waals surface area contributed by atoms with Crippen LogP contribution in [0.25, 0.3) is 10.2 Å². The number of thiazole rings is 1. The van der Waals surface area contributed by atoms with Crippen molar-refractivity contribution in [3.8, 4) is 23.8 Å². The molecule has 1 amide bonds. The van der Waals surface area contributed by atoms with Gasteiger partial charge in [-0.1, -0.05) is 47.1 Å². The van der Waals surface area contributed by atoms with Crippen molar-refractivity contribution < 1.29 is 14.3 Å². The molecule has 3 rings (SSSR count). The van der Waals surface area contributed by atoms with Gasteiger partial charge in [0.1, 0.15) is 0 Å². The van der Waals surface area contributed by atoms with Gasteiger partial charge in [-0.05, 0) is 12.5 Å². The molecule has 0 fully saturated rings. The predicted octanol–water partition coefficient (Wildman–Crippen LogP) is 3.33. The summed E-state index contributed by atoms with van der Waals surface area (Å²) in [6.45, 7) is 2.32. The maximum atomic E-state index is 12.5. The fourth-order valence-corrected chi connectivity index (χ4v) is 3.81. The monoisotopic (exact) mass is 380 g/mol. The number of fused-ring (bicyclic) bond motifs is 1. The van der Waals surface area contributed by atoms with Crippen LogP contribution in [0.2, 0.25) is 0 Å². The summed E-state index contributed by atoms with van der Waals surface area (Å²) in [6, 6.07) is 11.6. The van der Waals surface area contributed by atoms with Crippen LogP contribution in [-0.4, -0.2) is 24.7 Å². The summed E-state index contributed by atoms with van der Waals surface area (Å²) in [5, 5.41) is 0. The molecular weight excluding hydrogens is 360 g/mol. The quantitative estimate of drug-likeness (QED) is 0.638. The highest BCUT2D eigenvalue weighted by molar-refractivity contribution is 7.16. The molecule has 0 bridgehead atoms. The SMILES string of the molecule is C#CCn1c(=NC(=O)Cc2ccc(C)cc2)sc2cc(OC)c(OC)cc21. The smallest absolute Gasteiger partial charge is 0.252 e. The number of benzene rings is 2. The van der Waals surface area contributed by atoms with Crippen LogP contribution < -0.4 is 14.3 Å². The molecule has 0 atom stereocenters. The Balaban J connectivity index is 2.05. The molecule has 0 aliphatic carbocycles. The highest BCUT2D eigenvalue weighted by Crippen LogP contribution is 2.33. The lowest BCUT2D eigenvalue weighted by molar-refractivity contribution is -0.117. The third-order valence-corrected chi connectivity index (χ3v) is 5.17. The lowest BCUT2D eigenvalue weighted by atomic mass is 10.1. The molecule has 1 heterocycles. The molecule has 0 unspecified atom stereocenters. The lowest BCUT2D eigenvalue weighted by Gasteiger charge is -2.08. The molecule has 0 saturated carbocycles. The molecular formula is C21H20N2O3S. The first-order valence-electron chi connectivity index (χ1n) is 8.37. The molecule has 138 valence electrons. The van der Waals surface area contributed by atoms with E-state index in [0.717, 1.165) is 21.3 Å². The second kappa shape index (κ2) is 8.11. The van der Waals surface area contributed by atoms with Crippen molar-refractivity contribution in [2.75, 3.05) is 14.2 Å². The number of carbonyl (C=O) groups is 1. The zero-order chi connectivity index (χ0) is 19.4. The van der Waals surface area contributed by atoms with E-state index < -0.39 is 0 Å². The Labute approximate surface area is 161 Å². The van der Waals surface area contributed by atoms with Gasteiger partial charge >= 0.3 is 0 Å². The summed E-state index contributed by atoms with van der Waals surface area (Å²) in [5.74, 6) is 3.64. The Morgan fingerprint density at radius 3 is 2.48 bits per heavy atom. The van der Waals surface area contributed by atoms with Crippen LogP contribution in [0.3, 0.4) is 0 Å². The van der Waals surface area contributed by atoms with Crippen LogP contribution >= 0.6 is 11.3 Å². The van der Waals surface area contributed by atoms with E-state index in [1.54, 1.807) is 14.2 Å². The molecule has 0 saturated heterocycles. The first-order chi connectivity index (χ1) is 13.0. The number of ether oxygens (including phenoxy) is 2. The minimum Gasteiger partial charge on any atom is -0.493 e. The number of amides is 1. The highest BCUT2D eigenvalue weighted by Gasteiger charge is 2.13. The van der Waals surface area contributed by atoms with Gasteiger partial charge in [0, 0.05) is 12.1 Å². The molecule has 0 spiro atoms. The van der Waals surface area contributed by atoms with Gasteiger partial charge in [-0.2, -0.15) is 4.99 Å². The number of carbonyl (C=O) groups excluding carboxylic acids is 1. The Morgan fingerprint density at radius 1 is 1.19 bits per heavy atom. The number of methoxy groups -OCH3 is 2. The predicted molar refractivity (Wildman–Crippen MR) is 107 cm³/mol. The van der Waals surface area contributed by atoms with Crippen molar-refractivity contribution in [2.45, 2.75) is 19.9 Å². The van der Waals surface area contributed by atoms with Crippen molar-refractivity contribution in [1.29, 1.82) is 0 Å². The van der Waals surface area contributed by atoms with Crippen LogP contribution in [0.15, 0.2) is 41.4 Å². The van der Waals surface area contributed by atoms with Gasteiger partial charge in [-0.3, -0.25) is 4.79 Å². The van der Waals surface area contributed by atoms with Gasteiger partial charge in [0.2, 0.25) is 0 Å². The summed E-state index contributed by atoms with van der Waals surface area (Å²) >= 11 is 1.40. The molecule has 0 radical (unpaired) electrons. The van der Waals surface area contributed by atoms with Crippen LogP contribution in [0, 0.1) is 19.3 Å². The highest BCUT2D eigenvalue weighted by atomic mass is 32.1. The van der Waals surface area contributed by atoms with E-state index in [2.05, 4.69) is 10.9 Å². The third-order valence-electron chi connectivity index (χ3n) is 4.13. The normalized spacial score (nSPS) is 11.4. The van der Waals surface area contributed by atoms with E-state index in [-0.39, 0.29) is 12.3 Å². The zero-order valence-electron chi connectivity index (χ0n) is 15.5. The van der Waals surface area contributed by atoms with E-state index in [1.165, 1.54) is 11.3 Å². The first kappa shape index (κ1) is 18.7. The number of nitrogens with zero attached hydrogens (tertiary/aromatic N) is 2. The van der Waals surface area contributed by atoms with Gasteiger partial charge in [-0.25, -0.2) is 0 Å². The molecule has 5 nitrogen and oxygen atoms in total. The van der Waals surface area contributed by atoms with E-state index >= 15 is 0 Å². The first-order valence-corrected chi connectivity index (χ1v) is 9.19. The Kier molecular flexibility index (Phi) is 5.63. The number of aromatic nitrogens is 1. The summed E-state index contributed by atoms with van der Waals surface area (Å²) in [7, 11) is 3.17. The van der Waals surface area contributed by atoms with E-state index in [9.17, 15) is 4.79 Å². The molecule has 27 heavy (non-hydrogen) atoms. The van der Waals surface area contributed by atoms with Crippen molar-refractivity contribution in [3.63, 3.8) is 0 Å². The molecule has 0 N–H and O–H groups in total. The minimum atomic E-state index is -0.213. The zero-order valence-corrected chi connectivity index (χ0v) is 16.3. The maximum Gasteiger partial charge on any atom is 0.252 e. The minimum absolute atomic E-state index is 0.213. The second-order valence-corrected chi connectivity index (χ2v) is 7.03. The van der Waals surface area contributed by atoms with Gasteiger partial charge in [0.05, 0.1) is 37.4 Å². The van der Waals surface area contributed by atoms with E-state index in [1.807, 2.05) is 47.9 Å². The molecule has 1 aromatic heterocycles. The fourth-order valence-electron chi connectivity index (χ4n) is 2.75. The summed E-state index contributed by atoms with van der Waals surface area (Å²) in [4.78, 5) is 17.3. The average molecular weight is 380 g/mol. The third kappa shape index (κ3) is 4.04. The average Bonchev–Trinajstić information content (AvgIpc) is 2.98. The van der Waals surface area contributed by atoms with Gasteiger partial charge in [0.25, 0.3) is 5.91 Å². The maximum absolute atomic E-state index is 12.5. The number of rotatable bonds is 5.